The number of benzene rings is 3. The fraction of sp³-hybridized carbons (Fsp3) is 0.200. The topological polar surface area (TPSA) is 58.6 Å². The van der Waals surface area contributed by atoms with E-state index in [-0.39, 0.29) is 17.7 Å². The first-order valence-electron chi connectivity index (χ1n) is 10.2. The standard InChI is InChI=1S/C25H24N2O3/c28-24(26-20-11-3-1-4-12-20)19-10-9-17-27(18-19)25(29)22-15-7-8-16-23(22)30-21-13-5-2-6-14-21/h1-8,11-16,19H,9-10,17-18H2,(H,26,28)/t19-/m1/s1. The Balaban J connectivity index is 1.46. The van der Waals surface area contributed by atoms with E-state index in [1.54, 1.807) is 17.0 Å². The number of nitrogens with one attached hydrogen (secondary N) is 1. The number of amides is 2. The summed E-state index contributed by atoms with van der Waals surface area (Å²) in [5, 5.41) is 2.95. The summed E-state index contributed by atoms with van der Waals surface area (Å²) >= 11 is 0. The molecule has 1 saturated heterocycles. The number of hydrogen-bond donors (Lipinski definition) is 1. The minimum absolute atomic E-state index is 0.0486. The molecular weight excluding hydrogens is 376 g/mol. The van der Waals surface area contributed by atoms with E-state index in [9.17, 15) is 9.59 Å². The number of hydrogen-bond acceptors (Lipinski definition) is 3. The maximum absolute atomic E-state index is 13.3. The van der Waals surface area contributed by atoms with Crippen LogP contribution < -0.4 is 10.1 Å². The van der Waals surface area contributed by atoms with Gasteiger partial charge in [0.05, 0.1) is 11.5 Å². The van der Waals surface area contributed by atoms with Gasteiger partial charge in [-0.3, -0.25) is 9.59 Å². The summed E-state index contributed by atoms with van der Waals surface area (Å²) in [4.78, 5) is 27.7. The number of carbonyl (C=O) groups is 2. The quantitative estimate of drug-likeness (QED) is 0.658. The lowest BCUT2D eigenvalue weighted by Gasteiger charge is -2.32. The van der Waals surface area contributed by atoms with Crippen LogP contribution in [-0.2, 0) is 4.79 Å². The zero-order valence-electron chi connectivity index (χ0n) is 16.7. The molecule has 0 unspecified atom stereocenters. The van der Waals surface area contributed by atoms with Gasteiger partial charge in [-0.1, -0.05) is 48.5 Å². The van der Waals surface area contributed by atoms with Crippen molar-refractivity contribution in [2.24, 2.45) is 5.92 Å². The van der Waals surface area contributed by atoms with Crippen LogP contribution in [0.5, 0.6) is 11.5 Å². The van der Waals surface area contributed by atoms with E-state index >= 15 is 0 Å². The van der Waals surface area contributed by atoms with Gasteiger partial charge in [0, 0.05) is 18.8 Å². The molecule has 152 valence electrons. The maximum atomic E-state index is 13.3. The molecule has 0 aliphatic carbocycles. The molecule has 3 aromatic carbocycles. The third-order valence-corrected chi connectivity index (χ3v) is 5.21. The Morgan fingerprint density at radius 2 is 1.53 bits per heavy atom. The predicted molar refractivity (Wildman–Crippen MR) is 117 cm³/mol. The number of nitrogens with zero attached hydrogens (tertiary/aromatic N) is 1. The van der Waals surface area contributed by atoms with E-state index in [2.05, 4.69) is 5.32 Å². The molecule has 5 heteroatoms. The number of rotatable bonds is 5. The molecule has 3 aromatic rings. The van der Waals surface area contributed by atoms with Crippen molar-refractivity contribution >= 4 is 17.5 Å². The number of likely N-dealkylation sites (tertiary alicyclic amines) is 1. The van der Waals surface area contributed by atoms with Crippen molar-refractivity contribution < 1.29 is 14.3 Å². The van der Waals surface area contributed by atoms with E-state index in [0.717, 1.165) is 18.5 Å². The van der Waals surface area contributed by atoms with E-state index in [1.165, 1.54) is 0 Å². The smallest absolute Gasteiger partial charge is 0.257 e. The molecule has 2 amide bonds. The summed E-state index contributed by atoms with van der Waals surface area (Å²) < 4.78 is 5.95. The highest BCUT2D eigenvalue weighted by atomic mass is 16.5. The summed E-state index contributed by atoms with van der Waals surface area (Å²) in [6.45, 7) is 1.03. The van der Waals surface area contributed by atoms with Crippen molar-refractivity contribution in [3.63, 3.8) is 0 Å². The van der Waals surface area contributed by atoms with Crippen LogP contribution in [0.4, 0.5) is 5.69 Å². The van der Waals surface area contributed by atoms with Gasteiger partial charge in [0.15, 0.2) is 0 Å². The van der Waals surface area contributed by atoms with Gasteiger partial charge in [-0.2, -0.15) is 0 Å². The highest BCUT2D eigenvalue weighted by molar-refractivity contribution is 5.98. The third kappa shape index (κ3) is 4.69. The Bertz CT molecular complexity index is 1010. The van der Waals surface area contributed by atoms with Crippen molar-refractivity contribution in [1.82, 2.24) is 4.90 Å². The average Bonchev–Trinajstić information content (AvgIpc) is 2.80. The molecule has 1 N–H and O–H groups in total. The summed E-state index contributed by atoms with van der Waals surface area (Å²) in [6, 6.07) is 26.0. The molecule has 0 bridgehead atoms. The second kappa shape index (κ2) is 9.27. The SMILES string of the molecule is O=C(Nc1ccccc1)[C@@H]1CCCN(C(=O)c2ccccc2Oc2ccccc2)C1. The number of carbonyl (C=O) groups excluding carboxylic acids is 2. The van der Waals surface area contributed by atoms with Crippen molar-refractivity contribution in [3.8, 4) is 11.5 Å². The largest absolute Gasteiger partial charge is 0.457 e. The minimum Gasteiger partial charge on any atom is -0.457 e. The summed E-state index contributed by atoms with van der Waals surface area (Å²) in [6.07, 6.45) is 1.56. The van der Waals surface area contributed by atoms with Gasteiger partial charge < -0.3 is 15.0 Å². The number of ether oxygens (including phenoxy) is 1. The molecule has 1 atom stereocenters. The molecular formula is C25H24N2O3. The summed E-state index contributed by atoms with van der Waals surface area (Å²) in [7, 11) is 0. The van der Waals surface area contributed by atoms with Gasteiger partial charge in [0.2, 0.25) is 5.91 Å². The van der Waals surface area contributed by atoms with Gasteiger partial charge in [-0.15, -0.1) is 0 Å². The van der Waals surface area contributed by atoms with E-state index < -0.39 is 0 Å². The number of piperidine rings is 1. The fourth-order valence-electron chi connectivity index (χ4n) is 3.66. The van der Waals surface area contributed by atoms with Gasteiger partial charge in [-0.25, -0.2) is 0 Å². The molecule has 4 rings (SSSR count). The normalized spacial score (nSPS) is 16.0. The number of anilines is 1. The molecule has 1 aliphatic rings. The van der Waals surface area contributed by atoms with Crippen LogP contribution in [0.2, 0.25) is 0 Å². The second-order valence-electron chi connectivity index (χ2n) is 7.36. The van der Waals surface area contributed by atoms with Crippen molar-refractivity contribution in [3.05, 3.63) is 90.5 Å². The van der Waals surface area contributed by atoms with Crippen LogP contribution >= 0.6 is 0 Å². The Kier molecular flexibility index (Phi) is 6.09. The Morgan fingerprint density at radius 1 is 0.867 bits per heavy atom. The second-order valence-corrected chi connectivity index (χ2v) is 7.36. The van der Waals surface area contributed by atoms with Crippen LogP contribution in [-0.4, -0.2) is 29.8 Å². The molecule has 1 heterocycles. The summed E-state index contributed by atoms with van der Waals surface area (Å²) in [5.74, 6) is 0.803. The Morgan fingerprint density at radius 3 is 2.30 bits per heavy atom. The zero-order valence-corrected chi connectivity index (χ0v) is 16.7. The fourth-order valence-corrected chi connectivity index (χ4v) is 3.66. The van der Waals surface area contributed by atoms with Crippen LogP contribution in [0.1, 0.15) is 23.2 Å². The van der Waals surface area contributed by atoms with Gasteiger partial charge in [0.25, 0.3) is 5.91 Å². The summed E-state index contributed by atoms with van der Waals surface area (Å²) in [5.41, 5.74) is 1.28. The average molecular weight is 400 g/mol. The molecule has 0 saturated carbocycles. The minimum atomic E-state index is -0.231. The van der Waals surface area contributed by atoms with Gasteiger partial charge >= 0.3 is 0 Å². The lowest BCUT2D eigenvalue weighted by molar-refractivity contribution is -0.121. The van der Waals surface area contributed by atoms with Gasteiger partial charge in [-0.05, 0) is 49.2 Å². The van der Waals surface area contributed by atoms with Gasteiger partial charge in [0.1, 0.15) is 11.5 Å². The van der Waals surface area contributed by atoms with Crippen molar-refractivity contribution in [2.75, 3.05) is 18.4 Å². The lowest BCUT2D eigenvalue weighted by Crippen LogP contribution is -2.43. The predicted octanol–water partition coefficient (Wildman–Crippen LogP) is 4.97. The Hall–Kier alpha value is -3.60. The highest BCUT2D eigenvalue weighted by Crippen LogP contribution is 2.28. The Labute approximate surface area is 176 Å². The van der Waals surface area contributed by atoms with Crippen LogP contribution in [0, 0.1) is 5.92 Å². The zero-order chi connectivity index (χ0) is 20.8. The molecule has 0 radical (unpaired) electrons. The highest BCUT2D eigenvalue weighted by Gasteiger charge is 2.30. The first-order chi connectivity index (χ1) is 14.7. The van der Waals surface area contributed by atoms with Crippen molar-refractivity contribution in [1.29, 1.82) is 0 Å². The molecule has 30 heavy (non-hydrogen) atoms. The molecule has 1 aliphatic heterocycles. The molecule has 0 aromatic heterocycles. The van der Waals surface area contributed by atoms with E-state index in [0.29, 0.717) is 30.2 Å². The maximum Gasteiger partial charge on any atom is 0.257 e. The van der Waals surface area contributed by atoms with E-state index in [4.69, 9.17) is 4.74 Å². The van der Waals surface area contributed by atoms with Crippen LogP contribution in [0.25, 0.3) is 0 Å². The van der Waals surface area contributed by atoms with E-state index in [1.807, 2.05) is 72.8 Å². The lowest BCUT2D eigenvalue weighted by atomic mass is 9.96. The number of para-hydroxylation sites is 3. The van der Waals surface area contributed by atoms with Crippen LogP contribution in [0.3, 0.4) is 0 Å². The third-order valence-electron chi connectivity index (χ3n) is 5.21. The molecule has 5 nitrogen and oxygen atoms in total. The molecule has 1 fully saturated rings. The monoisotopic (exact) mass is 400 g/mol. The first kappa shape index (κ1) is 19.7. The van der Waals surface area contributed by atoms with Crippen molar-refractivity contribution in [2.45, 2.75) is 12.8 Å². The first-order valence-corrected chi connectivity index (χ1v) is 10.2. The molecule has 0 spiro atoms. The van der Waals surface area contributed by atoms with Crippen LogP contribution in [0.15, 0.2) is 84.9 Å².